The number of benzene rings is 2. The first-order valence-electron chi connectivity index (χ1n) is 8.22. The number of hydrogen-bond donors (Lipinski definition) is 3. The van der Waals surface area contributed by atoms with Crippen LogP contribution in [0.25, 0.3) is 0 Å². The van der Waals surface area contributed by atoms with E-state index >= 15 is 0 Å². The van der Waals surface area contributed by atoms with Crippen molar-refractivity contribution in [3.63, 3.8) is 0 Å². The third kappa shape index (κ3) is 6.04. The minimum atomic E-state index is -1.11. The second-order valence-corrected chi connectivity index (χ2v) is 7.09. The van der Waals surface area contributed by atoms with E-state index in [4.69, 9.17) is 17.0 Å². The molecule has 1 unspecified atom stereocenters. The van der Waals surface area contributed by atoms with Gasteiger partial charge in [-0.2, -0.15) is 0 Å². The fourth-order valence-corrected chi connectivity index (χ4v) is 2.72. The van der Waals surface area contributed by atoms with E-state index in [2.05, 4.69) is 26.6 Å². The van der Waals surface area contributed by atoms with Gasteiger partial charge in [-0.1, -0.05) is 28.9 Å². The van der Waals surface area contributed by atoms with E-state index in [-0.39, 0.29) is 22.5 Å². The standard InChI is InChI=1S/C19H19BrN2O4S/c1-3-11(2)26-14-6-4-5-12(9-14)17(23)22-19(27)21-16-8-7-13(20)10-15(16)18(24)25/h4-11H,3H2,1-2H3,(H,24,25)(H2,21,22,23,27). The maximum absolute atomic E-state index is 12.4. The highest BCUT2D eigenvalue weighted by molar-refractivity contribution is 9.10. The van der Waals surface area contributed by atoms with E-state index in [1.54, 1.807) is 36.4 Å². The number of anilines is 1. The molecule has 3 N–H and O–H groups in total. The number of carboxylic acid groups (broad SMARTS) is 1. The van der Waals surface area contributed by atoms with Crippen molar-refractivity contribution < 1.29 is 19.4 Å². The van der Waals surface area contributed by atoms with Crippen molar-refractivity contribution >= 4 is 50.8 Å². The van der Waals surface area contributed by atoms with Crippen LogP contribution < -0.4 is 15.4 Å². The van der Waals surface area contributed by atoms with E-state index in [1.165, 1.54) is 6.07 Å². The van der Waals surface area contributed by atoms with Crippen LogP contribution in [-0.2, 0) is 0 Å². The molecule has 27 heavy (non-hydrogen) atoms. The molecule has 2 aromatic carbocycles. The topological polar surface area (TPSA) is 87.7 Å². The molecule has 0 aliphatic heterocycles. The molecule has 6 nitrogen and oxygen atoms in total. The van der Waals surface area contributed by atoms with Gasteiger partial charge < -0.3 is 15.2 Å². The Hall–Kier alpha value is -2.45. The average Bonchev–Trinajstić information content (AvgIpc) is 2.63. The molecule has 0 aliphatic carbocycles. The van der Waals surface area contributed by atoms with E-state index < -0.39 is 11.9 Å². The Morgan fingerprint density at radius 2 is 2.00 bits per heavy atom. The number of thiocarbonyl (C=S) groups is 1. The highest BCUT2D eigenvalue weighted by atomic mass is 79.9. The molecule has 2 aromatic rings. The lowest BCUT2D eigenvalue weighted by Gasteiger charge is -2.14. The third-order valence-electron chi connectivity index (χ3n) is 3.70. The molecule has 0 saturated carbocycles. The van der Waals surface area contributed by atoms with Gasteiger partial charge in [-0.25, -0.2) is 4.79 Å². The molecule has 142 valence electrons. The van der Waals surface area contributed by atoms with Gasteiger partial charge >= 0.3 is 5.97 Å². The quantitative estimate of drug-likeness (QED) is 0.563. The molecule has 2 rings (SSSR count). The molecule has 0 bridgehead atoms. The lowest BCUT2D eigenvalue weighted by Crippen LogP contribution is -2.34. The summed E-state index contributed by atoms with van der Waals surface area (Å²) in [6, 6.07) is 11.5. The van der Waals surface area contributed by atoms with E-state index in [9.17, 15) is 14.7 Å². The fraction of sp³-hybridized carbons (Fsp3) is 0.211. The maximum atomic E-state index is 12.4. The van der Waals surface area contributed by atoms with Gasteiger partial charge in [-0.3, -0.25) is 10.1 Å². The zero-order valence-electron chi connectivity index (χ0n) is 14.8. The molecule has 0 heterocycles. The largest absolute Gasteiger partial charge is 0.491 e. The molecule has 0 saturated heterocycles. The minimum Gasteiger partial charge on any atom is -0.491 e. The number of hydrogen-bond acceptors (Lipinski definition) is 4. The number of halogens is 1. The van der Waals surface area contributed by atoms with Gasteiger partial charge in [0.05, 0.1) is 17.4 Å². The monoisotopic (exact) mass is 450 g/mol. The number of carbonyl (C=O) groups excluding carboxylic acids is 1. The van der Waals surface area contributed by atoms with Gasteiger partial charge in [-0.15, -0.1) is 0 Å². The summed E-state index contributed by atoms with van der Waals surface area (Å²) in [6.45, 7) is 3.96. The molecule has 0 aliphatic rings. The number of rotatable bonds is 6. The van der Waals surface area contributed by atoms with Crippen LogP contribution in [0.4, 0.5) is 5.69 Å². The summed E-state index contributed by atoms with van der Waals surface area (Å²) >= 11 is 8.36. The molecule has 8 heteroatoms. The SMILES string of the molecule is CCC(C)Oc1cccc(C(=O)NC(=S)Nc2ccc(Br)cc2C(=O)O)c1. The predicted molar refractivity (Wildman–Crippen MR) is 112 cm³/mol. The van der Waals surface area contributed by atoms with Gasteiger partial charge in [0.1, 0.15) is 5.75 Å². The first kappa shape index (κ1) is 20.9. The van der Waals surface area contributed by atoms with Crippen LogP contribution in [0.2, 0.25) is 0 Å². The van der Waals surface area contributed by atoms with Gasteiger partial charge in [-0.05, 0) is 62.0 Å². The maximum Gasteiger partial charge on any atom is 0.337 e. The molecule has 0 spiro atoms. The lowest BCUT2D eigenvalue weighted by molar-refractivity contribution is 0.0697. The highest BCUT2D eigenvalue weighted by Crippen LogP contribution is 2.21. The van der Waals surface area contributed by atoms with E-state index in [0.717, 1.165) is 6.42 Å². The summed E-state index contributed by atoms with van der Waals surface area (Å²) in [6.07, 6.45) is 0.890. The molecule has 0 aromatic heterocycles. The van der Waals surface area contributed by atoms with Crippen molar-refractivity contribution in [2.24, 2.45) is 0 Å². The fourth-order valence-electron chi connectivity index (χ4n) is 2.16. The number of nitrogens with one attached hydrogen (secondary N) is 2. The summed E-state index contributed by atoms with van der Waals surface area (Å²) in [7, 11) is 0. The predicted octanol–water partition coefficient (Wildman–Crippen LogP) is 4.45. The van der Waals surface area contributed by atoms with E-state index in [1.807, 2.05) is 13.8 Å². The van der Waals surface area contributed by atoms with Crippen LogP contribution in [0.15, 0.2) is 46.9 Å². The van der Waals surface area contributed by atoms with Gasteiger partial charge in [0.15, 0.2) is 5.11 Å². The Morgan fingerprint density at radius 3 is 2.67 bits per heavy atom. The van der Waals surface area contributed by atoms with Crippen molar-refractivity contribution in [2.45, 2.75) is 26.4 Å². The van der Waals surface area contributed by atoms with Crippen LogP contribution >= 0.6 is 28.1 Å². The van der Waals surface area contributed by atoms with Gasteiger partial charge in [0, 0.05) is 10.0 Å². The van der Waals surface area contributed by atoms with Crippen LogP contribution in [0, 0.1) is 0 Å². The molecular weight excluding hydrogens is 432 g/mol. The summed E-state index contributed by atoms with van der Waals surface area (Å²) < 4.78 is 6.33. The smallest absolute Gasteiger partial charge is 0.337 e. The first-order chi connectivity index (χ1) is 12.8. The summed E-state index contributed by atoms with van der Waals surface area (Å²) in [4.78, 5) is 23.8. The van der Waals surface area contributed by atoms with Gasteiger partial charge in [0.2, 0.25) is 0 Å². The van der Waals surface area contributed by atoms with Crippen molar-refractivity contribution in [1.82, 2.24) is 5.32 Å². The molecule has 0 fully saturated rings. The van der Waals surface area contributed by atoms with Crippen molar-refractivity contribution in [1.29, 1.82) is 0 Å². The van der Waals surface area contributed by atoms with Crippen molar-refractivity contribution in [3.05, 3.63) is 58.1 Å². The summed E-state index contributed by atoms with van der Waals surface area (Å²) in [5.74, 6) is -0.934. The normalized spacial score (nSPS) is 11.4. The Kier molecular flexibility index (Phi) is 7.32. The Morgan fingerprint density at radius 1 is 1.26 bits per heavy atom. The Balaban J connectivity index is 2.07. The zero-order valence-corrected chi connectivity index (χ0v) is 17.2. The molecule has 1 amide bonds. The Labute approximate surface area is 171 Å². The van der Waals surface area contributed by atoms with E-state index in [0.29, 0.717) is 15.8 Å². The highest BCUT2D eigenvalue weighted by Gasteiger charge is 2.14. The first-order valence-corrected chi connectivity index (χ1v) is 9.42. The van der Waals surface area contributed by atoms with Crippen LogP contribution in [0.1, 0.15) is 41.0 Å². The van der Waals surface area contributed by atoms with Crippen molar-refractivity contribution in [2.75, 3.05) is 5.32 Å². The minimum absolute atomic E-state index is 0.00179. The molecular formula is C19H19BrN2O4S. The Bertz CT molecular complexity index is 873. The van der Waals surface area contributed by atoms with Gasteiger partial charge in [0.25, 0.3) is 5.91 Å². The van der Waals surface area contributed by atoms with Crippen LogP contribution in [0.5, 0.6) is 5.75 Å². The number of amides is 1. The number of carboxylic acids is 1. The van der Waals surface area contributed by atoms with Crippen LogP contribution in [0.3, 0.4) is 0 Å². The lowest BCUT2D eigenvalue weighted by atomic mass is 10.2. The second kappa shape index (κ2) is 9.48. The third-order valence-corrected chi connectivity index (χ3v) is 4.39. The molecule has 0 radical (unpaired) electrons. The average molecular weight is 451 g/mol. The van der Waals surface area contributed by atoms with Crippen LogP contribution in [-0.4, -0.2) is 28.2 Å². The molecule has 1 atom stereocenters. The number of carbonyl (C=O) groups is 2. The summed E-state index contributed by atoms with van der Waals surface area (Å²) in [5.41, 5.74) is 0.698. The van der Waals surface area contributed by atoms with Crippen molar-refractivity contribution in [3.8, 4) is 5.75 Å². The second-order valence-electron chi connectivity index (χ2n) is 5.77. The summed E-state index contributed by atoms with van der Waals surface area (Å²) in [5, 5.41) is 14.6. The zero-order chi connectivity index (χ0) is 20.0. The number of aromatic carboxylic acids is 1. The number of ether oxygens (including phenoxy) is 1.